The molecule has 0 spiro atoms. The average molecular weight is 321 g/mol. The second kappa shape index (κ2) is 6.71. The topological polar surface area (TPSA) is 76.8 Å². The van der Waals surface area contributed by atoms with E-state index in [-0.39, 0.29) is 5.75 Å². The maximum Gasteiger partial charge on any atom is 0.210 e. The van der Waals surface area contributed by atoms with Crippen LogP contribution in [0.15, 0.2) is 28.3 Å². The van der Waals surface area contributed by atoms with Crippen LogP contribution in [0.4, 0.5) is 0 Å². The highest BCUT2D eigenvalue weighted by Crippen LogP contribution is 2.28. The maximum absolute atomic E-state index is 11.1. The molecular formula is C19H19N3O2. The summed E-state index contributed by atoms with van der Waals surface area (Å²) in [5, 5.41) is 18.8. The molecule has 2 aliphatic rings. The summed E-state index contributed by atoms with van der Waals surface area (Å²) >= 11 is 0. The average Bonchev–Trinajstić information content (AvgIpc) is 2.56. The van der Waals surface area contributed by atoms with Gasteiger partial charge in [0, 0.05) is 42.4 Å². The van der Waals surface area contributed by atoms with Crippen LogP contribution in [0.2, 0.25) is 0 Å². The van der Waals surface area contributed by atoms with E-state index in [1.807, 2.05) is 6.92 Å². The first-order chi connectivity index (χ1) is 11.6. The molecule has 0 radical (unpaired) electrons. The van der Waals surface area contributed by atoms with Crippen LogP contribution < -0.4 is 0 Å². The van der Waals surface area contributed by atoms with Gasteiger partial charge in [0.05, 0.1) is 12.3 Å². The SMILES string of the molecule is CC1=C(C(=N)c2ccc(O)c3c2C=NCC#CC3)CN(C=O)CC1. The molecule has 5 heteroatoms. The van der Waals surface area contributed by atoms with Crippen molar-refractivity contribution in [2.75, 3.05) is 19.6 Å². The lowest BCUT2D eigenvalue weighted by atomic mass is 9.88. The van der Waals surface area contributed by atoms with Gasteiger partial charge in [-0.25, -0.2) is 0 Å². The summed E-state index contributed by atoms with van der Waals surface area (Å²) in [5.74, 6) is 6.09. The van der Waals surface area contributed by atoms with Crippen LogP contribution in [0.3, 0.4) is 0 Å². The van der Waals surface area contributed by atoms with E-state index in [1.54, 1.807) is 23.2 Å². The molecule has 0 aromatic heterocycles. The summed E-state index contributed by atoms with van der Waals surface area (Å²) in [6, 6.07) is 3.35. The number of nitrogens with zero attached hydrogens (tertiary/aromatic N) is 2. The van der Waals surface area contributed by atoms with Gasteiger partial charge in [0.25, 0.3) is 0 Å². The Bertz CT molecular complexity index is 825. The molecule has 3 rings (SSSR count). The molecule has 122 valence electrons. The fraction of sp³-hybridized carbons (Fsp3) is 0.316. The molecule has 0 saturated heterocycles. The lowest BCUT2D eigenvalue weighted by Crippen LogP contribution is -2.33. The molecule has 0 unspecified atom stereocenters. The van der Waals surface area contributed by atoms with E-state index in [1.165, 1.54) is 0 Å². The Balaban J connectivity index is 2.07. The highest BCUT2D eigenvalue weighted by molar-refractivity contribution is 6.16. The molecule has 0 bridgehead atoms. The minimum Gasteiger partial charge on any atom is -0.508 e. The summed E-state index contributed by atoms with van der Waals surface area (Å²) in [6.07, 6.45) is 3.74. The molecule has 2 aliphatic heterocycles. The fourth-order valence-corrected chi connectivity index (χ4v) is 3.02. The van der Waals surface area contributed by atoms with Crippen LogP contribution in [-0.2, 0) is 11.2 Å². The van der Waals surface area contributed by atoms with E-state index >= 15 is 0 Å². The largest absolute Gasteiger partial charge is 0.508 e. The quantitative estimate of drug-likeness (QED) is 0.507. The van der Waals surface area contributed by atoms with E-state index < -0.39 is 0 Å². The highest BCUT2D eigenvalue weighted by Gasteiger charge is 2.22. The monoisotopic (exact) mass is 321 g/mol. The lowest BCUT2D eigenvalue weighted by Gasteiger charge is -2.27. The molecule has 0 aliphatic carbocycles. The van der Waals surface area contributed by atoms with Gasteiger partial charge in [0.1, 0.15) is 5.75 Å². The Morgan fingerprint density at radius 1 is 1.42 bits per heavy atom. The van der Waals surface area contributed by atoms with Gasteiger partial charge >= 0.3 is 0 Å². The van der Waals surface area contributed by atoms with Gasteiger partial charge in [-0.15, -0.1) is 0 Å². The smallest absolute Gasteiger partial charge is 0.210 e. The number of hydrogen-bond donors (Lipinski definition) is 2. The van der Waals surface area contributed by atoms with Gasteiger partial charge in [-0.1, -0.05) is 17.4 Å². The summed E-state index contributed by atoms with van der Waals surface area (Å²) in [4.78, 5) is 17.0. The van der Waals surface area contributed by atoms with Crippen molar-refractivity contribution in [3.8, 4) is 17.6 Å². The van der Waals surface area contributed by atoms with Crippen LogP contribution in [0.5, 0.6) is 5.75 Å². The number of aliphatic imine (C=N–C) groups is 1. The Morgan fingerprint density at radius 3 is 3.04 bits per heavy atom. The molecule has 1 aromatic rings. The number of rotatable bonds is 3. The minimum absolute atomic E-state index is 0.174. The highest BCUT2D eigenvalue weighted by atomic mass is 16.3. The van der Waals surface area contributed by atoms with Gasteiger partial charge in [-0.3, -0.25) is 15.2 Å². The van der Waals surface area contributed by atoms with Crippen LogP contribution in [-0.4, -0.2) is 48.0 Å². The number of nitrogens with one attached hydrogen (secondary N) is 1. The van der Waals surface area contributed by atoms with Crippen molar-refractivity contribution in [1.29, 1.82) is 5.41 Å². The molecular weight excluding hydrogens is 302 g/mol. The van der Waals surface area contributed by atoms with Crippen molar-refractivity contribution in [3.63, 3.8) is 0 Å². The zero-order chi connectivity index (χ0) is 17.1. The van der Waals surface area contributed by atoms with Gasteiger partial charge in [0.15, 0.2) is 0 Å². The third-order valence-electron chi connectivity index (χ3n) is 4.48. The Hall–Kier alpha value is -2.87. The number of aromatic hydroxyl groups is 1. The zero-order valence-corrected chi connectivity index (χ0v) is 13.6. The second-order valence-corrected chi connectivity index (χ2v) is 5.98. The van der Waals surface area contributed by atoms with E-state index in [0.29, 0.717) is 37.3 Å². The second-order valence-electron chi connectivity index (χ2n) is 5.98. The van der Waals surface area contributed by atoms with Crippen molar-refractivity contribution in [2.45, 2.75) is 19.8 Å². The standard InChI is InChI=1S/C19H19N3O2/c1-13-7-9-22(12-23)11-17(13)19(20)15-5-6-18(24)14-4-2-3-8-21-10-16(14)15/h5-6,10,12,20,24H,4,7-9,11H2,1H3. The molecule has 2 N–H and O–H groups in total. The van der Waals surface area contributed by atoms with E-state index in [0.717, 1.165) is 35.1 Å². The van der Waals surface area contributed by atoms with Crippen LogP contribution >= 0.6 is 0 Å². The summed E-state index contributed by atoms with van der Waals surface area (Å²) in [5.41, 5.74) is 4.55. The first-order valence-electron chi connectivity index (χ1n) is 7.89. The van der Waals surface area contributed by atoms with Crippen molar-refractivity contribution >= 4 is 18.3 Å². The fourth-order valence-electron chi connectivity index (χ4n) is 3.02. The third-order valence-corrected chi connectivity index (χ3v) is 4.48. The Labute approximate surface area is 141 Å². The van der Waals surface area contributed by atoms with Crippen LogP contribution in [0, 0.1) is 17.3 Å². The van der Waals surface area contributed by atoms with Gasteiger partial charge in [-0.2, -0.15) is 0 Å². The predicted molar refractivity (Wildman–Crippen MR) is 93.8 cm³/mol. The Kier molecular flexibility index (Phi) is 4.48. The molecule has 5 nitrogen and oxygen atoms in total. The minimum atomic E-state index is 0.174. The van der Waals surface area contributed by atoms with Crippen molar-refractivity contribution in [1.82, 2.24) is 4.90 Å². The van der Waals surface area contributed by atoms with Crippen molar-refractivity contribution < 1.29 is 9.90 Å². The van der Waals surface area contributed by atoms with Crippen LogP contribution in [0.25, 0.3) is 0 Å². The van der Waals surface area contributed by atoms with E-state index in [2.05, 4.69) is 16.8 Å². The first kappa shape index (κ1) is 16.0. The molecule has 1 aromatic carbocycles. The molecule has 0 saturated carbocycles. The number of amides is 1. The number of phenolic OH excluding ortho intramolecular Hbond substituents is 1. The molecule has 2 heterocycles. The summed E-state index contributed by atoms with van der Waals surface area (Å²) in [6.45, 7) is 3.57. The van der Waals surface area contributed by atoms with E-state index in [9.17, 15) is 9.90 Å². The van der Waals surface area contributed by atoms with Crippen LogP contribution in [0.1, 0.15) is 30.0 Å². The lowest BCUT2D eigenvalue weighted by molar-refractivity contribution is -0.117. The van der Waals surface area contributed by atoms with Gasteiger partial charge in [-0.05, 0) is 31.1 Å². The number of benzene rings is 1. The number of carbonyl (C=O) groups excluding carboxylic acids is 1. The zero-order valence-electron chi connectivity index (χ0n) is 13.6. The third kappa shape index (κ3) is 2.95. The number of carbonyl (C=O) groups is 1. The molecule has 0 fully saturated rings. The summed E-state index contributed by atoms with van der Waals surface area (Å²) < 4.78 is 0. The molecule has 1 amide bonds. The maximum atomic E-state index is 11.1. The number of phenols is 1. The molecule has 0 atom stereocenters. The predicted octanol–water partition coefficient (Wildman–Crippen LogP) is 1.92. The van der Waals surface area contributed by atoms with Crippen molar-refractivity contribution in [2.24, 2.45) is 4.99 Å². The number of hydrogen-bond acceptors (Lipinski definition) is 4. The first-order valence-corrected chi connectivity index (χ1v) is 7.89. The normalized spacial score (nSPS) is 16.6. The van der Waals surface area contributed by atoms with E-state index in [4.69, 9.17) is 5.41 Å². The molecule has 24 heavy (non-hydrogen) atoms. The van der Waals surface area contributed by atoms with Gasteiger partial charge < -0.3 is 10.0 Å². The summed E-state index contributed by atoms with van der Waals surface area (Å²) in [7, 11) is 0. The van der Waals surface area contributed by atoms with Crippen molar-refractivity contribution in [3.05, 3.63) is 40.0 Å². The number of fused-ring (bicyclic) bond motifs is 1. The Morgan fingerprint density at radius 2 is 2.25 bits per heavy atom. The van der Waals surface area contributed by atoms with Gasteiger partial charge in [0.2, 0.25) is 6.41 Å².